The molecule has 1 aromatic carbocycles. The molecule has 1 aromatic rings. The van der Waals surface area contributed by atoms with Crippen molar-refractivity contribution in [1.29, 1.82) is 5.26 Å². The Morgan fingerprint density at radius 2 is 2.08 bits per heavy atom. The summed E-state index contributed by atoms with van der Waals surface area (Å²) in [6.07, 6.45) is 0. The quantitative estimate of drug-likeness (QED) is 0.731. The van der Waals surface area contributed by atoms with Crippen LogP contribution in [0.2, 0.25) is 0 Å². The first-order valence-electron chi connectivity index (χ1n) is 3.67. The number of rotatable bonds is 3. The van der Waals surface area contributed by atoms with Crippen molar-refractivity contribution in [1.82, 2.24) is 0 Å². The first-order valence-corrected chi connectivity index (χ1v) is 4.99. The number of hydrogen-bond acceptors (Lipinski definition) is 3. The van der Waals surface area contributed by atoms with Gasteiger partial charge in [-0.3, -0.25) is 4.21 Å². The predicted molar refractivity (Wildman–Crippen MR) is 49.9 cm³/mol. The molecule has 1 unspecified atom stereocenters. The molecule has 0 saturated heterocycles. The van der Waals surface area contributed by atoms with E-state index in [4.69, 9.17) is 10.00 Å². The summed E-state index contributed by atoms with van der Waals surface area (Å²) in [5.74, 6) is 0.754. The Hall–Kier alpha value is -1.34. The van der Waals surface area contributed by atoms with Crippen LogP contribution in [0.1, 0.15) is 0 Å². The van der Waals surface area contributed by atoms with E-state index in [-0.39, 0.29) is 5.75 Å². The van der Waals surface area contributed by atoms with Crippen LogP contribution in [0.25, 0.3) is 0 Å². The minimum Gasteiger partial charge on any atom is -0.497 e. The van der Waals surface area contributed by atoms with E-state index in [1.54, 1.807) is 31.4 Å². The van der Waals surface area contributed by atoms with Gasteiger partial charge in [0.1, 0.15) is 11.5 Å². The van der Waals surface area contributed by atoms with Crippen LogP contribution < -0.4 is 4.74 Å². The number of ether oxygens (including phenoxy) is 1. The van der Waals surface area contributed by atoms with Crippen molar-refractivity contribution in [3.05, 3.63) is 24.3 Å². The van der Waals surface area contributed by atoms with E-state index < -0.39 is 10.8 Å². The fourth-order valence-corrected chi connectivity index (χ4v) is 1.59. The third-order valence-corrected chi connectivity index (χ3v) is 2.71. The molecule has 0 aliphatic carbocycles. The Morgan fingerprint density at radius 1 is 1.46 bits per heavy atom. The molecule has 13 heavy (non-hydrogen) atoms. The van der Waals surface area contributed by atoms with Gasteiger partial charge in [0, 0.05) is 4.90 Å². The van der Waals surface area contributed by atoms with E-state index in [0.717, 1.165) is 5.75 Å². The van der Waals surface area contributed by atoms with Gasteiger partial charge in [-0.05, 0) is 24.3 Å². The van der Waals surface area contributed by atoms with Gasteiger partial charge in [-0.25, -0.2) is 0 Å². The van der Waals surface area contributed by atoms with Crippen molar-refractivity contribution in [2.24, 2.45) is 0 Å². The smallest absolute Gasteiger partial charge is 0.118 e. The van der Waals surface area contributed by atoms with Crippen LogP contribution in [0.5, 0.6) is 5.75 Å². The van der Waals surface area contributed by atoms with Crippen LogP contribution in [0.4, 0.5) is 0 Å². The zero-order valence-corrected chi connectivity index (χ0v) is 8.00. The molecule has 68 valence electrons. The maximum atomic E-state index is 11.3. The summed E-state index contributed by atoms with van der Waals surface area (Å²) in [4.78, 5) is 0.655. The van der Waals surface area contributed by atoms with Crippen LogP contribution in [-0.4, -0.2) is 17.1 Å². The van der Waals surface area contributed by atoms with Gasteiger partial charge >= 0.3 is 0 Å². The lowest BCUT2D eigenvalue weighted by Gasteiger charge is -2.00. The summed E-state index contributed by atoms with van der Waals surface area (Å²) in [5.41, 5.74) is 0. The van der Waals surface area contributed by atoms with Crippen LogP contribution in [-0.2, 0) is 10.8 Å². The molecule has 0 fully saturated rings. The first kappa shape index (κ1) is 9.75. The minimum absolute atomic E-state index is 0.0341. The largest absolute Gasteiger partial charge is 0.497 e. The van der Waals surface area contributed by atoms with Crippen LogP contribution >= 0.6 is 0 Å². The lowest BCUT2D eigenvalue weighted by molar-refractivity contribution is 0.414. The molecule has 4 heteroatoms. The SMILES string of the molecule is COc1ccc(S(=O)CC#N)cc1. The monoisotopic (exact) mass is 195 g/mol. The third kappa shape index (κ3) is 2.56. The van der Waals surface area contributed by atoms with E-state index in [1.807, 2.05) is 6.07 Å². The van der Waals surface area contributed by atoms with Crippen LogP contribution in [0, 0.1) is 11.3 Å². The average Bonchev–Trinajstić information content (AvgIpc) is 2.18. The van der Waals surface area contributed by atoms with Gasteiger partial charge in [-0.2, -0.15) is 5.26 Å². The second-order valence-corrected chi connectivity index (χ2v) is 3.77. The van der Waals surface area contributed by atoms with E-state index in [9.17, 15) is 4.21 Å². The number of nitriles is 1. The Balaban J connectivity index is 2.81. The minimum atomic E-state index is -1.21. The zero-order valence-electron chi connectivity index (χ0n) is 7.19. The van der Waals surface area contributed by atoms with Crippen molar-refractivity contribution < 1.29 is 8.95 Å². The Labute approximate surface area is 79.4 Å². The number of benzene rings is 1. The Bertz CT molecular complexity index is 340. The Morgan fingerprint density at radius 3 is 2.54 bits per heavy atom. The molecular weight excluding hydrogens is 186 g/mol. The summed E-state index contributed by atoms with van der Waals surface area (Å²) in [6.45, 7) is 0. The van der Waals surface area contributed by atoms with E-state index in [0.29, 0.717) is 4.90 Å². The highest BCUT2D eigenvalue weighted by Crippen LogP contribution is 2.13. The van der Waals surface area contributed by atoms with E-state index in [2.05, 4.69) is 0 Å². The third-order valence-electron chi connectivity index (χ3n) is 1.52. The molecule has 0 amide bonds. The second kappa shape index (κ2) is 4.63. The van der Waals surface area contributed by atoms with Gasteiger partial charge in [0.15, 0.2) is 0 Å². The van der Waals surface area contributed by atoms with Crippen molar-refractivity contribution in [2.45, 2.75) is 4.90 Å². The number of hydrogen-bond donors (Lipinski definition) is 0. The van der Waals surface area contributed by atoms with Crippen molar-refractivity contribution in [3.63, 3.8) is 0 Å². The lowest BCUT2D eigenvalue weighted by Crippen LogP contribution is -1.95. The lowest BCUT2D eigenvalue weighted by atomic mass is 10.3. The van der Waals surface area contributed by atoms with Gasteiger partial charge < -0.3 is 4.74 Å². The molecule has 0 spiro atoms. The fraction of sp³-hybridized carbons (Fsp3) is 0.222. The molecule has 0 heterocycles. The highest BCUT2D eigenvalue weighted by atomic mass is 32.2. The molecule has 0 aliphatic heterocycles. The molecule has 0 radical (unpaired) electrons. The molecule has 0 bridgehead atoms. The molecule has 1 rings (SSSR count). The van der Waals surface area contributed by atoms with Gasteiger partial charge in [-0.1, -0.05) is 0 Å². The first-order chi connectivity index (χ1) is 6.27. The molecule has 0 aliphatic rings. The average molecular weight is 195 g/mol. The van der Waals surface area contributed by atoms with Gasteiger partial charge in [0.2, 0.25) is 0 Å². The molecule has 3 nitrogen and oxygen atoms in total. The van der Waals surface area contributed by atoms with Crippen molar-refractivity contribution in [3.8, 4) is 11.8 Å². The number of methoxy groups -OCH3 is 1. The summed E-state index contributed by atoms with van der Waals surface area (Å²) >= 11 is 0. The molecule has 0 N–H and O–H groups in total. The summed E-state index contributed by atoms with van der Waals surface area (Å²) in [7, 11) is 0.360. The normalized spacial score (nSPS) is 11.7. The van der Waals surface area contributed by atoms with Crippen LogP contribution in [0.15, 0.2) is 29.2 Å². The highest BCUT2D eigenvalue weighted by molar-refractivity contribution is 7.85. The topological polar surface area (TPSA) is 50.1 Å². The predicted octanol–water partition coefficient (Wildman–Crippen LogP) is 1.33. The zero-order chi connectivity index (χ0) is 9.68. The van der Waals surface area contributed by atoms with Gasteiger partial charge in [0.05, 0.1) is 24.0 Å². The van der Waals surface area contributed by atoms with E-state index >= 15 is 0 Å². The Kier molecular flexibility index (Phi) is 3.47. The summed E-state index contributed by atoms with van der Waals surface area (Å²) < 4.78 is 16.2. The van der Waals surface area contributed by atoms with Gasteiger partial charge in [-0.15, -0.1) is 0 Å². The molecule has 1 atom stereocenters. The molecular formula is C9H9NO2S. The maximum absolute atomic E-state index is 11.3. The maximum Gasteiger partial charge on any atom is 0.118 e. The van der Waals surface area contributed by atoms with Gasteiger partial charge in [0.25, 0.3) is 0 Å². The molecule has 0 aromatic heterocycles. The highest BCUT2D eigenvalue weighted by Gasteiger charge is 2.02. The van der Waals surface area contributed by atoms with E-state index in [1.165, 1.54) is 0 Å². The summed E-state index contributed by atoms with van der Waals surface area (Å²) in [6, 6.07) is 8.72. The fourth-order valence-electron chi connectivity index (χ4n) is 0.869. The number of nitrogens with zero attached hydrogens (tertiary/aromatic N) is 1. The molecule has 0 saturated carbocycles. The van der Waals surface area contributed by atoms with Crippen molar-refractivity contribution in [2.75, 3.05) is 12.9 Å². The van der Waals surface area contributed by atoms with Crippen LogP contribution in [0.3, 0.4) is 0 Å². The standard InChI is InChI=1S/C9H9NO2S/c1-12-8-2-4-9(5-3-8)13(11)7-6-10/h2-5H,7H2,1H3. The summed E-state index contributed by atoms with van der Waals surface area (Å²) in [5, 5.41) is 8.33. The van der Waals surface area contributed by atoms with Crippen molar-refractivity contribution >= 4 is 10.8 Å². The second-order valence-electron chi connectivity index (χ2n) is 2.32.